The summed E-state index contributed by atoms with van der Waals surface area (Å²) in [7, 11) is 0. The molecule has 0 radical (unpaired) electrons. The Morgan fingerprint density at radius 3 is 2.27 bits per heavy atom. The van der Waals surface area contributed by atoms with E-state index in [2.05, 4.69) is 5.32 Å². The van der Waals surface area contributed by atoms with E-state index in [1.807, 2.05) is 77.1 Å². The summed E-state index contributed by atoms with van der Waals surface area (Å²) in [6.45, 7) is 10.3. The lowest BCUT2D eigenvalue weighted by molar-refractivity contribution is -0.120. The van der Waals surface area contributed by atoms with Crippen LogP contribution in [0, 0.1) is 27.7 Å². The Balaban J connectivity index is 1.86. The summed E-state index contributed by atoms with van der Waals surface area (Å²) in [6.07, 6.45) is 0. The summed E-state index contributed by atoms with van der Waals surface area (Å²) < 4.78 is 5.59. The van der Waals surface area contributed by atoms with E-state index in [1.54, 1.807) is 18.2 Å². The molecule has 0 bridgehead atoms. The molecule has 0 saturated heterocycles. The summed E-state index contributed by atoms with van der Waals surface area (Å²) in [4.78, 5) is 28.7. The van der Waals surface area contributed by atoms with Crippen molar-refractivity contribution in [3.63, 3.8) is 0 Å². The van der Waals surface area contributed by atoms with Gasteiger partial charge in [-0.2, -0.15) is 0 Å². The van der Waals surface area contributed by atoms with Gasteiger partial charge in [0.05, 0.1) is 17.9 Å². The minimum absolute atomic E-state index is 0.280. The van der Waals surface area contributed by atoms with Gasteiger partial charge in [-0.1, -0.05) is 42.0 Å². The molecule has 0 saturated carbocycles. The van der Waals surface area contributed by atoms with Crippen LogP contribution in [0.5, 0.6) is 5.75 Å². The standard InChI is InChI=1S/C28H28N2O3/c1-6-33-22-9-7-8-21(16-22)30-27(31)25(23-13-11-17(2)14-20(23)5)26(28(30)32)29-24-15-18(3)10-12-19(24)4/h7-16,29H,6H2,1-5H3. The van der Waals surface area contributed by atoms with E-state index >= 15 is 0 Å². The van der Waals surface area contributed by atoms with Crippen LogP contribution in [0.4, 0.5) is 11.4 Å². The number of ether oxygens (including phenoxy) is 1. The van der Waals surface area contributed by atoms with E-state index in [0.29, 0.717) is 23.6 Å². The Morgan fingerprint density at radius 2 is 1.55 bits per heavy atom. The van der Waals surface area contributed by atoms with Crippen molar-refractivity contribution in [2.45, 2.75) is 34.6 Å². The second kappa shape index (κ2) is 8.94. The Morgan fingerprint density at radius 1 is 0.818 bits per heavy atom. The van der Waals surface area contributed by atoms with Crippen LogP contribution >= 0.6 is 0 Å². The average Bonchev–Trinajstić information content (AvgIpc) is 3.01. The van der Waals surface area contributed by atoms with Crippen molar-refractivity contribution in [2.75, 3.05) is 16.8 Å². The Kier molecular flexibility index (Phi) is 6.05. The van der Waals surface area contributed by atoms with E-state index in [1.165, 1.54) is 4.90 Å². The van der Waals surface area contributed by atoms with Gasteiger partial charge < -0.3 is 10.1 Å². The Labute approximate surface area is 194 Å². The Hall–Kier alpha value is -3.86. The zero-order valence-corrected chi connectivity index (χ0v) is 19.7. The molecule has 5 heteroatoms. The SMILES string of the molecule is CCOc1cccc(N2C(=O)C(Nc3cc(C)ccc3C)=C(c3ccc(C)cc3C)C2=O)c1. The molecule has 0 unspecified atom stereocenters. The van der Waals surface area contributed by atoms with Crippen molar-refractivity contribution in [3.05, 3.63) is 94.2 Å². The van der Waals surface area contributed by atoms with Gasteiger partial charge in [-0.3, -0.25) is 9.59 Å². The zero-order chi connectivity index (χ0) is 23.7. The number of carbonyl (C=O) groups is 2. The Bertz CT molecular complexity index is 1290. The molecule has 0 spiro atoms. The van der Waals surface area contributed by atoms with Gasteiger partial charge >= 0.3 is 0 Å². The quantitative estimate of drug-likeness (QED) is 0.499. The normalized spacial score (nSPS) is 13.7. The first-order valence-corrected chi connectivity index (χ1v) is 11.1. The van der Waals surface area contributed by atoms with E-state index in [0.717, 1.165) is 33.5 Å². The van der Waals surface area contributed by atoms with E-state index in [9.17, 15) is 9.59 Å². The highest BCUT2D eigenvalue weighted by atomic mass is 16.5. The van der Waals surface area contributed by atoms with Crippen LogP contribution in [0.15, 0.2) is 66.4 Å². The van der Waals surface area contributed by atoms with Gasteiger partial charge in [0.1, 0.15) is 11.4 Å². The molecule has 3 aromatic carbocycles. The summed E-state index contributed by atoms with van der Waals surface area (Å²) in [6, 6.07) is 19.0. The molecule has 1 aliphatic heterocycles. The smallest absolute Gasteiger partial charge is 0.282 e. The third kappa shape index (κ3) is 4.27. The lowest BCUT2D eigenvalue weighted by Gasteiger charge is -2.17. The maximum atomic E-state index is 13.7. The van der Waals surface area contributed by atoms with Crippen molar-refractivity contribution >= 4 is 28.8 Å². The maximum absolute atomic E-state index is 13.7. The van der Waals surface area contributed by atoms with Gasteiger partial charge in [-0.05, 0) is 75.1 Å². The summed E-state index contributed by atoms with van der Waals surface area (Å²) in [5.41, 5.74) is 6.78. The maximum Gasteiger partial charge on any atom is 0.282 e. The highest BCUT2D eigenvalue weighted by Gasteiger charge is 2.41. The van der Waals surface area contributed by atoms with Crippen molar-refractivity contribution in [3.8, 4) is 5.75 Å². The molecule has 0 fully saturated rings. The number of aryl methyl sites for hydroxylation is 4. The second-order valence-electron chi connectivity index (χ2n) is 8.39. The molecule has 4 rings (SSSR count). The van der Waals surface area contributed by atoms with Crippen LogP contribution in [0.1, 0.15) is 34.7 Å². The number of nitrogens with one attached hydrogen (secondary N) is 1. The molecule has 33 heavy (non-hydrogen) atoms. The topological polar surface area (TPSA) is 58.6 Å². The van der Waals surface area contributed by atoms with E-state index in [4.69, 9.17) is 4.74 Å². The number of rotatable bonds is 6. The van der Waals surface area contributed by atoms with Gasteiger partial charge in [-0.15, -0.1) is 0 Å². The monoisotopic (exact) mass is 440 g/mol. The first-order valence-electron chi connectivity index (χ1n) is 11.1. The van der Waals surface area contributed by atoms with Gasteiger partial charge in [0.15, 0.2) is 0 Å². The predicted octanol–water partition coefficient (Wildman–Crippen LogP) is 5.72. The van der Waals surface area contributed by atoms with Crippen LogP contribution in [-0.4, -0.2) is 18.4 Å². The summed E-state index contributed by atoms with van der Waals surface area (Å²) >= 11 is 0. The molecular weight excluding hydrogens is 412 g/mol. The van der Waals surface area contributed by atoms with Crippen LogP contribution in [0.3, 0.4) is 0 Å². The van der Waals surface area contributed by atoms with Crippen LogP contribution < -0.4 is 15.0 Å². The fourth-order valence-corrected chi connectivity index (χ4v) is 4.11. The average molecular weight is 441 g/mol. The number of benzene rings is 3. The number of imide groups is 1. The van der Waals surface area contributed by atoms with Gasteiger partial charge in [0.2, 0.25) is 0 Å². The van der Waals surface area contributed by atoms with Crippen molar-refractivity contribution in [1.29, 1.82) is 0 Å². The summed E-state index contributed by atoms with van der Waals surface area (Å²) in [5.74, 6) is -0.127. The minimum Gasteiger partial charge on any atom is -0.494 e. The molecule has 1 N–H and O–H groups in total. The predicted molar refractivity (Wildman–Crippen MR) is 132 cm³/mol. The lowest BCUT2D eigenvalue weighted by atomic mass is 9.97. The molecule has 1 heterocycles. The van der Waals surface area contributed by atoms with Gasteiger partial charge in [0, 0.05) is 11.8 Å². The fraction of sp³-hybridized carbons (Fsp3) is 0.214. The molecule has 1 aliphatic rings. The van der Waals surface area contributed by atoms with Crippen molar-refractivity contribution in [2.24, 2.45) is 0 Å². The van der Waals surface area contributed by atoms with E-state index in [-0.39, 0.29) is 17.5 Å². The van der Waals surface area contributed by atoms with Crippen molar-refractivity contribution < 1.29 is 14.3 Å². The lowest BCUT2D eigenvalue weighted by Crippen LogP contribution is -2.32. The molecule has 5 nitrogen and oxygen atoms in total. The molecule has 0 aliphatic carbocycles. The number of nitrogens with zero attached hydrogens (tertiary/aromatic N) is 1. The third-order valence-corrected chi connectivity index (χ3v) is 5.77. The van der Waals surface area contributed by atoms with Gasteiger partial charge in [0.25, 0.3) is 11.8 Å². The number of hydrogen-bond donors (Lipinski definition) is 1. The molecule has 2 amide bonds. The highest BCUT2D eigenvalue weighted by molar-refractivity contribution is 6.46. The molecule has 3 aromatic rings. The minimum atomic E-state index is -0.385. The molecule has 0 aromatic heterocycles. The van der Waals surface area contributed by atoms with Crippen LogP contribution in [0.2, 0.25) is 0 Å². The van der Waals surface area contributed by atoms with E-state index < -0.39 is 0 Å². The van der Waals surface area contributed by atoms with Gasteiger partial charge in [-0.25, -0.2) is 4.90 Å². The number of amides is 2. The largest absolute Gasteiger partial charge is 0.494 e. The number of carbonyl (C=O) groups excluding carboxylic acids is 2. The van der Waals surface area contributed by atoms with Crippen LogP contribution in [-0.2, 0) is 9.59 Å². The molecule has 0 atom stereocenters. The van der Waals surface area contributed by atoms with Crippen molar-refractivity contribution in [1.82, 2.24) is 0 Å². The highest BCUT2D eigenvalue weighted by Crippen LogP contribution is 2.36. The second-order valence-corrected chi connectivity index (χ2v) is 8.39. The first kappa shape index (κ1) is 22.3. The molecule has 168 valence electrons. The molecular formula is C28H28N2O3. The third-order valence-electron chi connectivity index (χ3n) is 5.77. The summed E-state index contributed by atoms with van der Waals surface area (Å²) in [5, 5.41) is 3.30. The zero-order valence-electron chi connectivity index (χ0n) is 19.7. The van der Waals surface area contributed by atoms with Crippen LogP contribution in [0.25, 0.3) is 5.57 Å². The first-order chi connectivity index (χ1) is 15.8. The number of anilines is 2. The fourth-order valence-electron chi connectivity index (χ4n) is 4.11. The number of hydrogen-bond acceptors (Lipinski definition) is 4.